The molecule has 0 unspecified atom stereocenters. The Morgan fingerprint density at radius 1 is 0.917 bits per heavy atom. The highest BCUT2D eigenvalue weighted by Crippen LogP contribution is 2.25. The first-order chi connectivity index (χ1) is 17.5. The van der Waals surface area contributed by atoms with Crippen LogP contribution in [0.4, 0.5) is 11.4 Å². The maximum absolute atomic E-state index is 12.8. The summed E-state index contributed by atoms with van der Waals surface area (Å²) in [6.07, 6.45) is 0. The summed E-state index contributed by atoms with van der Waals surface area (Å²) in [5.74, 6) is 1.30. The van der Waals surface area contributed by atoms with Gasteiger partial charge in [0.15, 0.2) is 0 Å². The number of anilines is 2. The SMILES string of the molecule is Cc1ccc(C)c(NC(=O)c2ccc(-c3nc(CN4CCN(c5ccccc5)CC4)c(C)o3)cc2)c1. The van der Waals surface area contributed by atoms with E-state index >= 15 is 0 Å². The molecule has 1 aromatic heterocycles. The Hall–Kier alpha value is -3.90. The Balaban J connectivity index is 1.21. The smallest absolute Gasteiger partial charge is 0.255 e. The monoisotopic (exact) mass is 480 g/mol. The zero-order valence-corrected chi connectivity index (χ0v) is 21.1. The fraction of sp³-hybridized carbons (Fsp3) is 0.267. The van der Waals surface area contributed by atoms with E-state index in [1.807, 2.05) is 63.2 Å². The molecule has 0 spiro atoms. The average Bonchev–Trinajstić information content (AvgIpc) is 3.27. The van der Waals surface area contributed by atoms with Crippen LogP contribution in [0.25, 0.3) is 11.5 Å². The molecule has 184 valence electrons. The summed E-state index contributed by atoms with van der Waals surface area (Å²) in [6.45, 7) is 10.7. The van der Waals surface area contributed by atoms with Gasteiger partial charge in [0.1, 0.15) is 5.76 Å². The Morgan fingerprint density at radius 2 is 1.64 bits per heavy atom. The molecular formula is C30H32N4O2. The summed E-state index contributed by atoms with van der Waals surface area (Å²) >= 11 is 0. The molecule has 6 nitrogen and oxygen atoms in total. The van der Waals surface area contributed by atoms with Gasteiger partial charge in [-0.15, -0.1) is 0 Å². The van der Waals surface area contributed by atoms with E-state index in [9.17, 15) is 4.79 Å². The number of hydrogen-bond acceptors (Lipinski definition) is 5. The molecule has 1 saturated heterocycles. The summed E-state index contributed by atoms with van der Waals surface area (Å²) in [6, 6.07) is 24.0. The van der Waals surface area contributed by atoms with Crippen LogP contribution in [0.1, 0.15) is 32.9 Å². The van der Waals surface area contributed by atoms with Gasteiger partial charge in [-0.2, -0.15) is 0 Å². The van der Waals surface area contributed by atoms with Crippen LogP contribution in [0.15, 0.2) is 77.2 Å². The van der Waals surface area contributed by atoms with Crippen LogP contribution in [-0.4, -0.2) is 42.0 Å². The topological polar surface area (TPSA) is 61.6 Å². The van der Waals surface area contributed by atoms with Crippen molar-refractivity contribution in [3.05, 3.63) is 101 Å². The van der Waals surface area contributed by atoms with E-state index in [0.29, 0.717) is 11.5 Å². The molecule has 1 aliphatic heterocycles. The number of oxazole rings is 1. The van der Waals surface area contributed by atoms with Gasteiger partial charge in [0.2, 0.25) is 5.89 Å². The molecule has 0 radical (unpaired) electrons. The Kier molecular flexibility index (Phi) is 6.87. The summed E-state index contributed by atoms with van der Waals surface area (Å²) in [4.78, 5) is 22.4. The molecule has 0 saturated carbocycles. The lowest BCUT2D eigenvalue weighted by Crippen LogP contribution is -2.46. The van der Waals surface area contributed by atoms with Gasteiger partial charge in [-0.1, -0.05) is 30.3 Å². The lowest BCUT2D eigenvalue weighted by Gasteiger charge is -2.35. The maximum atomic E-state index is 12.8. The van der Waals surface area contributed by atoms with Gasteiger partial charge < -0.3 is 14.6 Å². The fourth-order valence-electron chi connectivity index (χ4n) is 4.54. The minimum atomic E-state index is -0.130. The molecule has 0 atom stereocenters. The number of carbonyl (C=O) groups excluding carboxylic acids is 1. The molecule has 6 heteroatoms. The third-order valence-electron chi connectivity index (χ3n) is 6.79. The van der Waals surface area contributed by atoms with Crippen LogP contribution in [0, 0.1) is 20.8 Å². The average molecular weight is 481 g/mol. The van der Waals surface area contributed by atoms with Gasteiger partial charge >= 0.3 is 0 Å². The number of aromatic nitrogens is 1. The number of hydrogen-bond donors (Lipinski definition) is 1. The second-order valence-corrected chi connectivity index (χ2v) is 9.47. The standard InChI is InChI=1S/C30H32N4O2/c1-21-9-10-22(2)27(19-21)31-29(35)24-11-13-25(14-12-24)30-32-28(23(3)36-30)20-33-15-17-34(18-16-33)26-7-5-4-6-8-26/h4-14,19H,15-18,20H2,1-3H3,(H,31,35). The van der Waals surface area contributed by atoms with Gasteiger partial charge in [0.05, 0.1) is 5.69 Å². The van der Waals surface area contributed by atoms with E-state index in [2.05, 4.69) is 45.4 Å². The second kappa shape index (κ2) is 10.4. The van der Waals surface area contributed by atoms with Crippen LogP contribution >= 0.6 is 0 Å². The highest BCUT2D eigenvalue weighted by atomic mass is 16.4. The first-order valence-corrected chi connectivity index (χ1v) is 12.4. The van der Waals surface area contributed by atoms with Crippen LogP contribution < -0.4 is 10.2 Å². The number of piperazine rings is 1. The zero-order valence-electron chi connectivity index (χ0n) is 21.1. The Bertz CT molecular complexity index is 1340. The van der Waals surface area contributed by atoms with Crippen molar-refractivity contribution in [3.8, 4) is 11.5 Å². The molecule has 0 bridgehead atoms. The predicted octanol–water partition coefficient (Wildman–Crippen LogP) is 5.84. The molecule has 4 aromatic rings. The molecule has 1 fully saturated rings. The predicted molar refractivity (Wildman–Crippen MR) is 144 cm³/mol. The van der Waals surface area contributed by atoms with E-state index in [1.165, 1.54) is 5.69 Å². The number of nitrogens with zero attached hydrogens (tertiary/aromatic N) is 3. The molecule has 0 aliphatic carbocycles. The van der Waals surface area contributed by atoms with Crippen LogP contribution in [-0.2, 0) is 6.54 Å². The lowest BCUT2D eigenvalue weighted by atomic mass is 10.1. The molecule has 3 aromatic carbocycles. The fourth-order valence-corrected chi connectivity index (χ4v) is 4.54. The molecule has 1 amide bonds. The van der Waals surface area contributed by atoms with Gasteiger partial charge in [0, 0.05) is 55.2 Å². The van der Waals surface area contributed by atoms with E-state index in [4.69, 9.17) is 9.40 Å². The number of benzene rings is 3. The lowest BCUT2D eigenvalue weighted by molar-refractivity contribution is 0.102. The van der Waals surface area contributed by atoms with Crippen molar-refractivity contribution in [2.24, 2.45) is 0 Å². The van der Waals surface area contributed by atoms with E-state index in [1.54, 1.807) is 0 Å². The van der Waals surface area contributed by atoms with Crippen molar-refractivity contribution < 1.29 is 9.21 Å². The van der Waals surface area contributed by atoms with Crippen molar-refractivity contribution in [2.75, 3.05) is 36.4 Å². The van der Waals surface area contributed by atoms with Crippen molar-refractivity contribution >= 4 is 17.3 Å². The third kappa shape index (κ3) is 5.34. The maximum Gasteiger partial charge on any atom is 0.255 e. The Labute approximate surface area is 212 Å². The summed E-state index contributed by atoms with van der Waals surface area (Å²) < 4.78 is 6.01. The van der Waals surface area contributed by atoms with E-state index in [-0.39, 0.29) is 5.91 Å². The molecular weight excluding hydrogens is 448 g/mol. The summed E-state index contributed by atoms with van der Waals surface area (Å²) in [5, 5.41) is 3.01. The van der Waals surface area contributed by atoms with Gasteiger partial charge in [-0.3, -0.25) is 9.69 Å². The van der Waals surface area contributed by atoms with Crippen LogP contribution in [0.5, 0.6) is 0 Å². The summed E-state index contributed by atoms with van der Waals surface area (Å²) in [5.41, 5.74) is 6.69. The first-order valence-electron chi connectivity index (χ1n) is 12.4. The van der Waals surface area contributed by atoms with Gasteiger partial charge in [-0.05, 0) is 74.4 Å². The van der Waals surface area contributed by atoms with Gasteiger partial charge in [0.25, 0.3) is 5.91 Å². The highest BCUT2D eigenvalue weighted by molar-refractivity contribution is 6.04. The molecule has 1 aliphatic rings. The summed E-state index contributed by atoms with van der Waals surface area (Å²) in [7, 11) is 0. The number of aryl methyl sites for hydroxylation is 3. The van der Waals surface area contributed by atoms with Crippen molar-refractivity contribution in [1.82, 2.24) is 9.88 Å². The van der Waals surface area contributed by atoms with Crippen molar-refractivity contribution in [1.29, 1.82) is 0 Å². The number of para-hydroxylation sites is 1. The number of amides is 1. The third-order valence-corrected chi connectivity index (χ3v) is 6.79. The molecule has 36 heavy (non-hydrogen) atoms. The zero-order chi connectivity index (χ0) is 25.1. The van der Waals surface area contributed by atoms with Crippen molar-refractivity contribution in [3.63, 3.8) is 0 Å². The van der Waals surface area contributed by atoms with Gasteiger partial charge in [-0.25, -0.2) is 4.98 Å². The minimum absolute atomic E-state index is 0.130. The van der Waals surface area contributed by atoms with Crippen LogP contribution in [0.3, 0.4) is 0 Å². The second-order valence-electron chi connectivity index (χ2n) is 9.47. The number of carbonyl (C=O) groups is 1. The Morgan fingerprint density at radius 3 is 2.36 bits per heavy atom. The number of nitrogens with one attached hydrogen (secondary N) is 1. The van der Waals surface area contributed by atoms with Crippen LogP contribution in [0.2, 0.25) is 0 Å². The largest absolute Gasteiger partial charge is 0.441 e. The molecule has 2 heterocycles. The minimum Gasteiger partial charge on any atom is -0.441 e. The number of rotatable bonds is 6. The quantitative estimate of drug-likeness (QED) is 0.376. The normalized spacial score (nSPS) is 14.1. The molecule has 1 N–H and O–H groups in total. The molecule has 5 rings (SSSR count). The van der Waals surface area contributed by atoms with E-state index < -0.39 is 0 Å². The first kappa shape index (κ1) is 23.8. The highest BCUT2D eigenvalue weighted by Gasteiger charge is 2.20. The van der Waals surface area contributed by atoms with Crippen molar-refractivity contribution in [2.45, 2.75) is 27.3 Å². The van der Waals surface area contributed by atoms with E-state index in [0.717, 1.165) is 66.6 Å².